The van der Waals surface area contributed by atoms with Gasteiger partial charge in [0.1, 0.15) is 6.04 Å². The van der Waals surface area contributed by atoms with Crippen molar-refractivity contribution in [2.45, 2.75) is 50.6 Å². The van der Waals surface area contributed by atoms with E-state index in [0.717, 1.165) is 17.7 Å². The Balaban J connectivity index is 1.70. The summed E-state index contributed by atoms with van der Waals surface area (Å²) in [7, 11) is -4.85. The first-order chi connectivity index (χ1) is 11.7. The van der Waals surface area contributed by atoms with Crippen molar-refractivity contribution in [3.8, 4) is 0 Å². The third-order valence-corrected chi connectivity index (χ3v) is 5.31. The van der Waals surface area contributed by atoms with Gasteiger partial charge in [-0.15, -0.1) is 4.28 Å². The van der Waals surface area contributed by atoms with Gasteiger partial charge in [0.15, 0.2) is 0 Å². The number of fused-ring (bicyclic) bond motifs is 2. The van der Waals surface area contributed by atoms with Crippen LogP contribution >= 0.6 is 0 Å². The van der Waals surface area contributed by atoms with E-state index < -0.39 is 40.3 Å². The van der Waals surface area contributed by atoms with Crippen LogP contribution in [0, 0.1) is 5.92 Å². The average molecular weight is 376 g/mol. The Kier molecular flexibility index (Phi) is 4.70. The molecular weight excluding hydrogens is 356 g/mol. The van der Waals surface area contributed by atoms with E-state index in [0.29, 0.717) is 22.9 Å². The van der Waals surface area contributed by atoms with Crippen molar-refractivity contribution in [3.63, 3.8) is 0 Å². The van der Waals surface area contributed by atoms with Crippen LogP contribution in [0.25, 0.3) is 0 Å². The summed E-state index contributed by atoms with van der Waals surface area (Å²) in [5, 5.41) is 1.13. The molecule has 2 bridgehead atoms. The molecule has 2 aliphatic heterocycles. The number of carbonyl (C=O) groups is 3. The Morgan fingerprint density at radius 2 is 1.80 bits per heavy atom. The first-order valence-corrected chi connectivity index (χ1v) is 9.45. The van der Waals surface area contributed by atoms with Gasteiger partial charge in [-0.3, -0.25) is 14.1 Å². The van der Waals surface area contributed by atoms with Crippen LogP contribution in [0.4, 0.5) is 4.79 Å². The molecule has 0 aromatic rings. The molecule has 0 radical (unpaired) electrons. The molecule has 3 aliphatic rings. The maximum Gasteiger partial charge on any atom is 0.418 e. The van der Waals surface area contributed by atoms with Gasteiger partial charge in [0, 0.05) is 12.5 Å². The van der Waals surface area contributed by atoms with Crippen molar-refractivity contribution in [1.29, 1.82) is 0 Å². The van der Waals surface area contributed by atoms with E-state index >= 15 is 0 Å². The summed E-state index contributed by atoms with van der Waals surface area (Å²) in [6, 6.07) is -2.43. The van der Waals surface area contributed by atoms with E-state index in [1.165, 1.54) is 0 Å². The summed E-state index contributed by atoms with van der Waals surface area (Å²) in [5.74, 6) is 4.27. The summed E-state index contributed by atoms with van der Waals surface area (Å²) in [6.07, 6.45) is 3.69. The Labute approximate surface area is 144 Å². The number of amides is 4. The van der Waals surface area contributed by atoms with Crippen molar-refractivity contribution in [3.05, 3.63) is 0 Å². The number of hydroxylamine groups is 2. The number of nitrogens with two attached hydrogens (primary N) is 1. The smallest absolute Gasteiger partial charge is 0.309 e. The van der Waals surface area contributed by atoms with E-state index in [-0.39, 0.29) is 25.3 Å². The molecule has 11 nitrogen and oxygen atoms in total. The third-order valence-electron chi connectivity index (χ3n) is 4.96. The molecule has 0 aromatic carbocycles. The van der Waals surface area contributed by atoms with Crippen LogP contribution in [0.1, 0.15) is 38.5 Å². The van der Waals surface area contributed by atoms with Gasteiger partial charge >= 0.3 is 16.4 Å². The van der Waals surface area contributed by atoms with Crippen molar-refractivity contribution < 1.29 is 31.6 Å². The highest BCUT2D eigenvalue weighted by Crippen LogP contribution is 2.32. The fraction of sp³-hybridized carbons (Fsp3) is 0.769. The van der Waals surface area contributed by atoms with E-state index in [1.54, 1.807) is 0 Å². The zero-order valence-electron chi connectivity index (χ0n) is 13.4. The second kappa shape index (κ2) is 6.52. The lowest BCUT2D eigenvalue weighted by atomic mass is 9.99. The van der Waals surface area contributed by atoms with E-state index in [2.05, 4.69) is 4.28 Å². The molecule has 140 valence electrons. The SMILES string of the molecule is NN(C(=O)C1CCCC1)C(=O)[C@@H]1CC[C@@H]2CN1C(=O)N2OS(=O)(=O)O. The topological polar surface area (TPSA) is 151 Å². The first kappa shape index (κ1) is 18.0. The van der Waals surface area contributed by atoms with Crippen LogP contribution in [0.3, 0.4) is 0 Å². The van der Waals surface area contributed by atoms with Crippen LogP contribution in [0.2, 0.25) is 0 Å². The van der Waals surface area contributed by atoms with E-state index in [9.17, 15) is 22.8 Å². The van der Waals surface area contributed by atoms with Gasteiger partial charge in [0.25, 0.3) is 5.91 Å². The summed E-state index contributed by atoms with van der Waals surface area (Å²) >= 11 is 0. The molecule has 3 fully saturated rings. The fourth-order valence-corrected chi connectivity index (χ4v) is 4.12. The number of nitrogens with zero attached hydrogens (tertiary/aromatic N) is 3. The molecule has 2 saturated heterocycles. The molecule has 3 rings (SSSR count). The minimum atomic E-state index is -4.85. The van der Waals surface area contributed by atoms with Crippen LogP contribution in [-0.4, -0.2) is 64.4 Å². The largest absolute Gasteiger partial charge is 0.418 e. The number of piperidine rings is 1. The van der Waals surface area contributed by atoms with Crippen molar-refractivity contribution in [2.24, 2.45) is 11.8 Å². The number of urea groups is 1. The number of hydrazine groups is 1. The van der Waals surface area contributed by atoms with Gasteiger partial charge in [-0.1, -0.05) is 12.8 Å². The molecule has 2 atom stereocenters. The van der Waals surface area contributed by atoms with Gasteiger partial charge in [-0.25, -0.2) is 15.6 Å². The van der Waals surface area contributed by atoms with Crippen molar-refractivity contribution in [1.82, 2.24) is 15.0 Å². The number of hydrogen-bond donors (Lipinski definition) is 2. The average Bonchev–Trinajstić information content (AvgIpc) is 3.16. The predicted molar refractivity (Wildman–Crippen MR) is 81.4 cm³/mol. The quantitative estimate of drug-likeness (QED) is 0.217. The molecule has 12 heteroatoms. The molecule has 25 heavy (non-hydrogen) atoms. The van der Waals surface area contributed by atoms with Crippen molar-refractivity contribution in [2.75, 3.05) is 6.54 Å². The number of carbonyl (C=O) groups excluding carboxylic acids is 3. The molecular formula is C13H20N4O7S. The predicted octanol–water partition coefficient (Wildman–Crippen LogP) is -0.591. The highest BCUT2D eigenvalue weighted by Gasteiger charge is 2.50. The normalized spacial score (nSPS) is 27.0. The monoisotopic (exact) mass is 376 g/mol. The second-order valence-electron chi connectivity index (χ2n) is 6.54. The molecule has 0 spiro atoms. The van der Waals surface area contributed by atoms with Gasteiger partial charge < -0.3 is 4.90 Å². The van der Waals surface area contributed by atoms with Crippen molar-refractivity contribution >= 4 is 28.2 Å². The Morgan fingerprint density at radius 3 is 2.40 bits per heavy atom. The Bertz CT molecular complexity index is 690. The van der Waals surface area contributed by atoms with Crippen LogP contribution in [-0.2, 0) is 24.3 Å². The standard InChI is InChI=1S/C13H20N4O7S/c14-16(11(18)8-3-1-2-4-8)12(19)10-6-5-9-7-15(10)13(20)17(9)24-25(21,22)23/h8-10H,1-7,14H2,(H,21,22,23)/t9-,10+/m1/s1. The molecule has 1 saturated carbocycles. The molecule has 0 unspecified atom stereocenters. The van der Waals surface area contributed by atoms with E-state index in [1.807, 2.05) is 0 Å². The molecule has 0 aromatic heterocycles. The third kappa shape index (κ3) is 3.47. The van der Waals surface area contributed by atoms with Crippen LogP contribution in [0.5, 0.6) is 0 Å². The van der Waals surface area contributed by atoms with Gasteiger partial charge in [-0.05, 0) is 25.7 Å². The number of rotatable bonds is 4. The Morgan fingerprint density at radius 1 is 1.16 bits per heavy atom. The fourth-order valence-electron chi connectivity index (χ4n) is 3.73. The summed E-state index contributed by atoms with van der Waals surface area (Å²) in [4.78, 5) is 38.3. The van der Waals surface area contributed by atoms with Gasteiger partial charge in [-0.2, -0.15) is 13.5 Å². The van der Waals surface area contributed by atoms with E-state index in [4.69, 9.17) is 10.4 Å². The maximum absolute atomic E-state index is 12.6. The minimum absolute atomic E-state index is 0.0518. The lowest BCUT2D eigenvalue weighted by Crippen LogP contribution is -2.56. The Hall–Kier alpha value is -1.76. The number of imide groups is 1. The second-order valence-corrected chi connectivity index (χ2v) is 7.54. The summed E-state index contributed by atoms with van der Waals surface area (Å²) in [5.41, 5.74) is 0. The molecule has 3 N–H and O–H groups in total. The lowest BCUT2D eigenvalue weighted by molar-refractivity contribution is -0.151. The van der Waals surface area contributed by atoms with Crippen LogP contribution < -0.4 is 5.84 Å². The summed E-state index contributed by atoms with van der Waals surface area (Å²) in [6.45, 7) is 0.0518. The number of hydrogen-bond acceptors (Lipinski definition) is 7. The van der Waals surface area contributed by atoms with Crippen LogP contribution in [0.15, 0.2) is 0 Å². The minimum Gasteiger partial charge on any atom is -0.309 e. The van der Waals surface area contributed by atoms with Gasteiger partial charge in [0.2, 0.25) is 5.91 Å². The summed E-state index contributed by atoms with van der Waals surface area (Å²) < 4.78 is 34.8. The zero-order valence-corrected chi connectivity index (χ0v) is 14.2. The maximum atomic E-state index is 12.6. The molecule has 2 heterocycles. The molecule has 4 amide bonds. The van der Waals surface area contributed by atoms with Gasteiger partial charge in [0.05, 0.1) is 6.04 Å². The lowest BCUT2D eigenvalue weighted by Gasteiger charge is -2.31. The highest BCUT2D eigenvalue weighted by molar-refractivity contribution is 7.80. The highest BCUT2D eigenvalue weighted by atomic mass is 32.3. The zero-order chi connectivity index (χ0) is 18.4. The first-order valence-electron chi connectivity index (χ1n) is 8.08. The molecule has 1 aliphatic carbocycles.